The van der Waals surface area contributed by atoms with Crippen molar-refractivity contribution in [2.75, 3.05) is 6.61 Å². The van der Waals surface area contributed by atoms with E-state index in [-0.39, 0.29) is 11.9 Å². The highest BCUT2D eigenvalue weighted by Gasteiger charge is 2.37. The van der Waals surface area contributed by atoms with Crippen molar-refractivity contribution in [3.8, 4) is 0 Å². The fourth-order valence-corrected chi connectivity index (χ4v) is 2.58. The van der Waals surface area contributed by atoms with E-state index < -0.39 is 6.09 Å². The standard InChI is InChI=1S/C17H23NO3/c1-13(2)7-6-10-16(19)18-15(12-21-17(18)20)11-14-8-4-3-5-9-14/h3-5,8-9,13,15H,6-7,10-12H2,1-2H3/t15-/m1/s1. The van der Waals surface area contributed by atoms with Crippen LogP contribution in [-0.2, 0) is 16.0 Å². The van der Waals surface area contributed by atoms with Gasteiger partial charge in [-0.25, -0.2) is 9.69 Å². The molecule has 4 nitrogen and oxygen atoms in total. The molecule has 1 aliphatic rings. The summed E-state index contributed by atoms with van der Waals surface area (Å²) in [7, 11) is 0. The van der Waals surface area contributed by atoms with Crippen LogP contribution in [0.2, 0.25) is 0 Å². The molecular weight excluding hydrogens is 266 g/mol. The summed E-state index contributed by atoms with van der Waals surface area (Å²) in [5, 5.41) is 0. The zero-order valence-corrected chi connectivity index (χ0v) is 12.7. The number of rotatable bonds is 6. The first kappa shape index (κ1) is 15.5. The quantitative estimate of drug-likeness (QED) is 0.806. The van der Waals surface area contributed by atoms with Gasteiger partial charge in [0.15, 0.2) is 0 Å². The van der Waals surface area contributed by atoms with Gasteiger partial charge in [0.25, 0.3) is 0 Å². The number of hydrogen-bond acceptors (Lipinski definition) is 3. The molecule has 0 radical (unpaired) electrons. The molecule has 0 N–H and O–H groups in total. The molecule has 0 spiro atoms. The maximum Gasteiger partial charge on any atom is 0.416 e. The molecule has 4 heteroatoms. The van der Waals surface area contributed by atoms with Crippen LogP contribution in [0.1, 0.15) is 38.7 Å². The topological polar surface area (TPSA) is 46.6 Å². The van der Waals surface area contributed by atoms with Gasteiger partial charge in [0.2, 0.25) is 5.91 Å². The lowest BCUT2D eigenvalue weighted by molar-refractivity contribution is -0.129. The van der Waals surface area contributed by atoms with E-state index in [0.717, 1.165) is 18.4 Å². The molecule has 1 fully saturated rings. The van der Waals surface area contributed by atoms with E-state index in [1.54, 1.807) is 0 Å². The summed E-state index contributed by atoms with van der Waals surface area (Å²) < 4.78 is 5.07. The van der Waals surface area contributed by atoms with Crippen LogP contribution in [0.4, 0.5) is 4.79 Å². The first-order chi connectivity index (χ1) is 10.1. The van der Waals surface area contributed by atoms with Crippen LogP contribution in [0.5, 0.6) is 0 Å². The predicted octanol–water partition coefficient (Wildman–Crippen LogP) is 3.40. The van der Waals surface area contributed by atoms with Crippen LogP contribution >= 0.6 is 0 Å². The summed E-state index contributed by atoms with van der Waals surface area (Å²) in [5.41, 5.74) is 1.11. The van der Waals surface area contributed by atoms with Crippen LogP contribution < -0.4 is 0 Å². The lowest BCUT2D eigenvalue weighted by Gasteiger charge is -2.19. The molecule has 0 aromatic heterocycles. The minimum atomic E-state index is -0.495. The molecule has 1 aromatic rings. The second-order valence-corrected chi connectivity index (χ2v) is 5.97. The average Bonchev–Trinajstić information content (AvgIpc) is 2.80. The van der Waals surface area contributed by atoms with Crippen molar-refractivity contribution in [1.29, 1.82) is 0 Å². The van der Waals surface area contributed by atoms with Crippen LogP contribution in [0.3, 0.4) is 0 Å². The van der Waals surface area contributed by atoms with E-state index in [4.69, 9.17) is 4.74 Å². The van der Waals surface area contributed by atoms with Gasteiger partial charge in [-0.3, -0.25) is 4.79 Å². The number of carbonyl (C=O) groups is 2. The number of hydrogen-bond donors (Lipinski definition) is 0. The summed E-state index contributed by atoms with van der Waals surface area (Å²) >= 11 is 0. The Bertz CT molecular complexity index is 484. The van der Waals surface area contributed by atoms with Gasteiger partial charge >= 0.3 is 6.09 Å². The lowest BCUT2D eigenvalue weighted by atomic mass is 10.0. The molecule has 1 aromatic carbocycles. The van der Waals surface area contributed by atoms with Gasteiger partial charge in [-0.2, -0.15) is 0 Å². The summed E-state index contributed by atoms with van der Waals surface area (Å²) in [6.45, 7) is 4.56. The van der Waals surface area contributed by atoms with Crippen LogP contribution in [0.15, 0.2) is 30.3 Å². The SMILES string of the molecule is CC(C)CCCC(=O)N1C(=O)OC[C@H]1Cc1ccccc1. The maximum absolute atomic E-state index is 12.3. The van der Waals surface area contributed by atoms with Crippen molar-refractivity contribution in [3.05, 3.63) is 35.9 Å². The largest absolute Gasteiger partial charge is 0.447 e. The number of imide groups is 1. The fraction of sp³-hybridized carbons (Fsp3) is 0.529. The Morgan fingerprint density at radius 2 is 2.05 bits per heavy atom. The Labute approximate surface area is 126 Å². The molecule has 2 rings (SSSR count). The Hall–Kier alpha value is -1.84. The highest BCUT2D eigenvalue weighted by molar-refractivity contribution is 5.93. The number of carbonyl (C=O) groups excluding carboxylic acids is 2. The minimum absolute atomic E-state index is 0.112. The van der Waals surface area contributed by atoms with E-state index in [1.807, 2.05) is 30.3 Å². The molecule has 114 valence electrons. The minimum Gasteiger partial charge on any atom is -0.447 e. The zero-order valence-electron chi connectivity index (χ0n) is 12.7. The van der Waals surface area contributed by atoms with E-state index >= 15 is 0 Å². The van der Waals surface area contributed by atoms with Gasteiger partial charge in [0.1, 0.15) is 6.61 Å². The van der Waals surface area contributed by atoms with Gasteiger partial charge in [-0.1, -0.05) is 50.6 Å². The van der Waals surface area contributed by atoms with Gasteiger partial charge in [0.05, 0.1) is 6.04 Å². The van der Waals surface area contributed by atoms with Crippen LogP contribution in [-0.4, -0.2) is 29.5 Å². The third kappa shape index (κ3) is 4.31. The Morgan fingerprint density at radius 3 is 2.71 bits per heavy atom. The molecule has 1 aliphatic heterocycles. The van der Waals surface area contributed by atoms with Gasteiger partial charge in [-0.05, 0) is 24.3 Å². The number of benzene rings is 1. The Morgan fingerprint density at radius 1 is 1.33 bits per heavy atom. The Balaban J connectivity index is 1.95. The van der Waals surface area contributed by atoms with Crippen molar-refractivity contribution in [2.24, 2.45) is 5.92 Å². The summed E-state index contributed by atoms with van der Waals surface area (Å²) in [5.74, 6) is 0.461. The number of nitrogens with zero attached hydrogens (tertiary/aromatic N) is 1. The van der Waals surface area contributed by atoms with E-state index in [2.05, 4.69) is 13.8 Å². The second kappa shape index (κ2) is 7.25. The third-order valence-electron chi connectivity index (χ3n) is 3.72. The molecule has 0 aliphatic carbocycles. The highest BCUT2D eigenvalue weighted by Crippen LogP contribution is 2.19. The summed E-state index contributed by atoms with van der Waals surface area (Å²) in [6, 6.07) is 9.71. The van der Waals surface area contributed by atoms with Crippen molar-refractivity contribution in [3.63, 3.8) is 0 Å². The molecule has 0 bridgehead atoms. The first-order valence-electron chi connectivity index (χ1n) is 7.60. The lowest BCUT2D eigenvalue weighted by Crippen LogP contribution is -2.40. The van der Waals surface area contributed by atoms with Crippen molar-refractivity contribution >= 4 is 12.0 Å². The number of amides is 2. The molecule has 1 atom stereocenters. The average molecular weight is 289 g/mol. The van der Waals surface area contributed by atoms with E-state index in [9.17, 15) is 9.59 Å². The molecule has 2 amide bonds. The van der Waals surface area contributed by atoms with Gasteiger partial charge in [-0.15, -0.1) is 0 Å². The number of cyclic esters (lactones) is 1. The summed E-state index contributed by atoms with van der Waals surface area (Å²) in [4.78, 5) is 25.4. The van der Waals surface area contributed by atoms with Crippen LogP contribution in [0, 0.1) is 5.92 Å². The molecule has 0 unspecified atom stereocenters. The summed E-state index contributed by atoms with van der Waals surface area (Å²) in [6.07, 6.45) is 2.39. The molecule has 0 saturated carbocycles. The fourth-order valence-electron chi connectivity index (χ4n) is 2.58. The monoisotopic (exact) mass is 289 g/mol. The number of ether oxygens (including phenoxy) is 1. The Kier molecular flexibility index (Phi) is 5.37. The molecule has 1 heterocycles. The van der Waals surface area contributed by atoms with E-state index in [0.29, 0.717) is 25.4 Å². The van der Waals surface area contributed by atoms with E-state index in [1.165, 1.54) is 4.90 Å². The normalized spacial score (nSPS) is 18.1. The smallest absolute Gasteiger partial charge is 0.416 e. The highest BCUT2D eigenvalue weighted by atomic mass is 16.6. The van der Waals surface area contributed by atoms with Crippen molar-refractivity contribution < 1.29 is 14.3 Å². The molecule has 1 saturated heterocycles. The molecular formula is C17H23NO3. The third-order valence-corrected chi connectivity index (χ3v) is 3.72. The van der Waals surface area contributed by atoms with Crippen molar-refractivity contribution in [1.82, 2.24) is 4.90 Å². The maximum atomic E-state index is 12.3. The second-order valence-electron chi connectivity index (χ2n) is 5.97. The van der Waals surface area contributed by atoms with Gasteiger partial charge < -0.3 is 4.74 Å². The van der Waals surface area contributed by atoms with Crippen LogP contribution in [0.25, 0.3) is 0 Å². The predicted molar refractivity (Wildman–Crippen MR) is 80.8 cm³/mol. The zero-order chi connectivity index (χ0) is 15.2. The first-order valence-corrected chi connectivity index (χ1v) is 7.60. The van der Waals surface area contributed by atoms with Gasteiger partial charge in [0, 0.05) is 6.42 Å². The van der Waals surface area contributed by atoms with Crippen molar-refractivity contribution in [2.45, 2.75) is 45.6 Å². The molecule has 21 heavy (non-hydrogen) atoms.